The zero-order valence-electron chi connectivity index (χ0n) is 14.3. The Morgan fingerprint density at radius 2 is 1.96 bits per heavy atom. The summed E-state index contributed by atoms with van der Waals surface area (Å²) in [6.07, 6.45) is 6.75. The van der Waals surface area contributed by atoms with Crippen molar-refractivity contribution in [2.75, 3.05) is 18.5 Å². The van der Waals surface area contributed by atoms with E-state index in [9.17, 15) is 9.59 Å². The molecule has 0 spiro atoms. The Hall–Kier alpha value is -2.93. The van der Waals surface area contributed by atoms with Crippen LogP contribution in [0.2, 0.25) is 0 Å². The molecule has 1 aromatic heterocycles. The van der Waals surface area contributed by atoms with Crippen LogP contribution in [0.15, 0.2) is 42.2 Å². The normalized spacial score (nSPS) is 16.7. The van der Waals surface area contributed by atoms with Gasteiger partial charge in [-0.1, -0.05) is 12.1 Å². The highest BCUT2D eigenvalue weighted by molar-refractivity contribution is 6.17. The van der Waals surface area contributed by atoms with Crippen LogP contribution in [0.25, 0.3) is 11.3 Å². The highest BCUT2D eigenvalue weighted by Gasteiger charge is 2.30. The average Bonchev–Trinajstić information content (AvgIpc) is 3.19. The molecule has 0 aliphatic carbocycles. The number of rotatable bonds is 5. The van der Waals surface area contributed by atoms with E-state index in [4.69, 9.17) is 10.1 Å². The molecule has 134 valence electrons. The number of hydrogen-bond acceptors (Lipinski definition) is 5. The molecule has 2 aromatic rings. The number of hydrogen-bond donors (Lipinski definition) is 2. The van der Waals surface area contributed by atoms with Crippen molar-refractivity contribution in [2.24, 2.45) is 0 Å². The van der Waals surface area contributed by atoms with Crippen LogP contribution in [0.5, 0.6) is 0 Å². The average molecular weight is 352 g/mol. The van der Waals surface area contributed by atoms with Crippen LogP contribution in [0.1, 0.15) is 18.7 Å². The molecule has 0 saturated heterocycles. The topological polar surface area (TPSA) is 87.5 Å². The third kappa shape index (κ3) is 3.01. The highest BCUT2D eigenvalue weighted by Crippen LogP contribution is 2.25. The van der Waals surface area contributed by atoms with Crippen molar-refractivity contribution in [3.8, 4) is 11.3 Å². The van der Waals surface area contributed by atoms with Gasteiger partial charge >= 0.3 is 0 Å². The van der Waals surface area contributed by atoms with Gasteiger partial charge in [0.25, 0.3) is 11.8 Å². The van der Waals surface area contributed by atoms with Crippen LogP contribution in [-0.2, 0) is 22.6 Å². The number of β-amino-alcohol motifs (C(OH)–C–C–N with tert-alkyl or cyclic N) is 1. The van der Waals surface area contributed by atoms with E-state index in [0.717, 1.165) is 40.6 Å². The molecule has 2 aliphatic heterocycles. The zero-order chi connectivity index (χ0) is 18.1. The first-order chi connectivity index (χ1) is 12.7. The van der Waals surface area contributed by atoms with Gasteiger partial charge in [0.05, 0.1) is 18.8 Å². The predicted molar refractivity (Wildman–Crippen MR) is 96.1 cm³/mol. The van der Waals surface area contributed by atoms with Gasteiger partial charge in [0.15, 0.2) is 0 Å². The summed E-state index contributed by atoms with van der Waals surface area (Å²) < 4.78 is 2.22. The van der Waals surface area contributed by atoms with Crippen molar-refractivity contribution in [1.29, 1.82) is 0 Å². The summed E-state index contributed by atoms with van der Waals surface area (Å²) in [5.41, 5.74) is 2.90. The van der Waals surface area contributed by atoms with Gasteiger partial charge in [0.1, 0.15) is 11.5 Å². The highest BCUT2D eigenvalue weighted by atomic mass is 16.3. The lowest BCUT2D eigenvalue weighted by Crippen LogP contribution is -2.34. The van der Waals surface area contributed by atoms with Gasteiger partial charge in [-0.05, 0) is 25.0 Å². The fourth-order valence-electron chi connectivity index (χ4n) is 3.34. The van der Waals surface area contributed by atoms with E-state index in [1.807, 2.05) is 24.3 Å². The Morgan fingerprint density at radius 3 is 2.69 bits per heavy atom. The monoisotopic (exact) mass is 352 g/mol. The molecule has 0 saturated carbocycles. The number of carbonyl (C=O) groups is 2. The number of imide groups is 1. The van der Waals surface area contributed by atoms with Gasteiger partial charge in [-0.25, -0.2) is 4.98 Å². The van der Waals surface area contributed by atoms with E-state index in [0.29, 0.717) is 0 Å². The summed E-state index contributed by atoms with van der Waals surface area (Å²) in [5, 5.41) is 11.9. The lowest BCUT2D eigenvalue weighted by molar-refractivity contribution is -0.137. The SMILES string of the molecule is O=C1C=C(Nc2ccc(-c3cn4c(n3)CCCC4)cc2)C(=O)N1CCO. The molecule has 3 heterocycles. The summed E-state index contributed by atoms with van der Waals surface area (Å²) in [6.45, 7) is 0.780. The number of aliphatic hydroxyl groups is 1. The number of imidazole rings is 1. The van der Waals surface area contributed by atoms with E-state index in [1.54, 1.807) is 0 Å². The largest absolute Gasteiger partial charge is 0.395 e. The van der Waals surface area contributed by atoms with Gasteiger partial charge in [0, 0.05) is 36.5 Å². The molecule has 0 radical (unpaired) electrons. The van der Waals surface area contributed by atoms with E-state index >= 15 is 0 Å². The number of nitrogens with one attached hydrogen (secondary N) is 1. The maximum Gasteiger partial charge on any atom is 0.277 e. The number of aryl methyl sites for hydroxylation is 2. The number of nitrogens with zero attached hydrogens (tertiary/aromatic N) is 3. The minimum absolute atomic E-state index is 0.00325. The van der Waals surface area contributed by atoms with Crippen molar-refractivity contribution in [2.45, 2.75) is 25.8 Å². The molecular formula is C19H20N4O3. The summed E-state index contributed by atoms with van der Waals surface area (Å²) in [6, 6.07) is 7.62. The number of fused-ring (bicyclic) bond motifs is 1. The molecule has 1 aromatic carbocycles. The second-order valence-corrected chi connectivity index (χ2v) is 6.47. The second kappa shape index (κ2) is 6.76. The standard InChI is InChI=1S/C19H20N4O3/c24-10-9-23-18(25)11-15(19(23)26)20-14-6-4-13(5-7-14)16-12-22-8-2-1-3-17(22)21-16/h4-7,11-12,20,24H,1-3,8-10H2. The summed E-state index contributed by atoms with van der Waals surface area (Å²) in [4.78, 5) is 29.7. The fourth-order valence-corrected chi connectivity index (χ4v) is 3.34. The molecule has 0 atom stereocenters. The van der Waals surface area contributed by atoms with Crippen LogP contribution < -0.4 is 5.32 Å². The van der Waals surface area contributed by atoms with Gasteiger partial charge in [-0.3, -0.25) is 14.5 Å². The van der Waals surface area contributed by atoms with E-state index < -0.39 is 11.8 Å². The Kier molecular flexibility index (Phi) is 4.30. The molecule has 2 amide bonds. The molecule has 0 fully saturated rings. The Balaban J connectivity index is 1.48. The molecule has 7 heteroatoms. The summed E-state index contributed by atoms with van der Waals surface area (Å²) in [7, 11) is 0. The van der Waals surface area contributed by atoms with Crippen LogP contribution in [0.4, 0.5) is 5.69 Å². The smallest absolute Gasteiger partial charge is 0.277 e. The maximum atomic E-state index is 12.2. The molecule has 0 unspecified atom stereocenters. The Labute approximate surface area is 151 Å². The van der Waals surface area contributed by atoms with Crippen molar-refractivity contribution < 1.29 is 14.7 Å². The molecule has 0 bridgehead atoms. The molecular weight excluding hydrogens is 332 g/mol. The first-order valence-corrected chi connectivity index (χ1v) is 8.77. The van der Waals surface area contributed by atoms with Gasteiger partial charge in [-0.2, -0.15) is 0 Å². The first kappa shape index (κ1) is 16.5. The third-order valence-electron chi connectivity index (χ3n) is 4.70. The summed E-state index contributed by atoms with van der Waals surface area (Å²) in [5.74, 6) is 0.305. The molecule has 7 nitrogen and oxygen atoms in total. The van der Waals surface area contributed by atoms with Crippen LogP contribution in [0, 0.1) is 0 Å². The van der Waals surface area contributed by atoms with Gasteiger partial charge < -0.3 is 15.0 Å². The van der Waals surface area contributed by atoms with E-state index in [2.05, 4.69) is 16.1 Å². The van der Waals surface area contributed by atoms with Crippen LogP contribution >= 0.6 is 0 Å². The number of amides is 2. The fraction of sp³-hybridized carbons (Fsp3) is 0.316. The van der Waals surface area contributed by atoms with E-state index in [-0.39, 0.29) is 18.8 Å². The second-order valence-electron chi connectivity index (χ2n) is 6.47. The number of anilines is 1. The Bertz CT molecular complexity index is 859. The lowest BCUT2D eigenvalue weighted by atomic mass is 10.1. The van der Waals surface area contributed by atoms with Crippen LogP contribution in [-0.4, -0.2) is 44.5 Å². The van der Waals surface area contributed by atoms with Gasteiger partial charge in [-0.15, -0.1) is 0 Å². The van der Waals surface area contributed by atoms with Crippen molar-refractivity contribution in [1.82, 2.24) is 14.5 Å². The molecule has 2 N–H and O–H groups in total. The van der Waals surface area contributed by atoms with Crippen molar-refractivity contribution >= 4 is 17.5 Å². The van der Waals surface area contributed by atoms with Gasteiger partial charge in [0.2, 0.25) is 0 Å². The first-order valence-electron chi connectivity index (χ1n) is 8.77. The predicted octanol–water partition coefficient (Wildman–Crippen LogP) is 1.54. The molecule has 2 aliphatic rings. The summed E-state index contributed by atoms with van der Waals surface area (Å²) >= 11 is 0. The number of benzene rings is 1. The maximum absolute atomic E-state index is 12.2. The Morgan fingerprint density at radius 1 is 1.15 bits per heavy atom. The number of aromatic nitrogens is 2. The third-order valence-corrected chi connectivity index (χ3v) is 4.70. The zero-order valence-corrected chi connectivity index (χ0v) is 14.3. The van der Waals surface area contributed by atoms with Crippen molar-refractivity contribution in [3.05, 3.63) is 48.1 Å². The molecule has 26 heavy (non-hydrogen) atoms. The quantitative estimate of drug-likeness (QED) is 0.797. The van der Waals surface area contributed by atoms with E-state index in [1.165, 1.54) is 18.9 Å². The minimum atomic E-state index is -0.421. The lowest BCUT2D eigenvalue weighted by Gasteiger charge is -2.13. The van der Waals surface area contributed by atoms with Crippen LogP contribution in [0.3, 0.4) is 0 Å². The molecule has 4 rings (SSSR count). The van der Waals surface area contributed by atoms with Crippen molar-refractivity contribution in [3.63, 3.8) is 0 Å². The number of carbonyl (C=O) groups excluding carboxylic acids is 2. The minimum Gasteiger partial charge on any atom is -0.395 e. The number of aliphatic hydroxyl groups excluding tert-OH is 1.